The first-order valence-electron chi connectivity index (χ1n) is 9.19. The predicted octanol–water partition coefficient (Wildman–Crippen LogP) is 4.44. The summed E-state index contributed by atoms with van der Waals surface area (Å²) in [7, 11) is 0. The first-order valence-corrected chi connectivity index (χ1v) is 9.19. The van der Waals surface area contributed by atoms with Gasteiger partial charge >= 0.3 is 6.61 Å². The lowest BCUT2D eigenvalue weighted by Crippen LogP contribution is -2.37. The highest BCUT2D eigenvalue weighted by Gasteiger charge is 2.18. The molecule has 0 unspecified atom stereocenters. The lowest BCUT2D eigenvalue weighted by atomic mass is 9.98. The molecule has 3 rings (SSSR count). The molecule has 2 N–H and O–H groups in total. The van der Waals surface area contributed by atoms with E-state index >= 15 is 0 Å². The molecule has 1 heterocycles. The summed E-state index contributed by atoms with van der Waals surface area (Å²) in [5.74, 6) is 0.605. The van der Waals surface area contributed by atoms with Crippen LogP contribution in [0.2, 0.25) is 0 Å². The van der Waals surface area contributed by atoms with Gasteiger partial charge in [-0.1, -0.05) is 42.5 Å². The van der Waals surface area contributed by atoms with Gasteiger partial charge in [0.2, 0.25) is 5.91 Å². The van der Waals surface area contributed by atoms with E-state index in [1.54, 1.807) is 24.5 Å². The Hall–Kier alpha value is -3.19. The summed E-state index contributed by atoms with van der Waals surface area (Å²) in [6.07, 6.45) is 1.58. The number of furan rings is 1. The van der Waals surface area contributed by atoms with Gasteiger partial charge in [-0.25, -0.2) is 0 Å². The van der Waals surface area contributed by atoms with Crippen molar-refractivity contribution in [3.05, 3.63) is 89.9 Å². The summed E-state index contributed by atoms with van der Waals surface area (Å²) < 4.78 is 34.5. The molecule has 0 aliphatic rings. The van der Waals surface area contributed by atoms with Crippen LogP contribution in [0.25, 0.3) is 0 Å². The molecule has 1 amide bonds. The number of hydrogen-bond donors (Lipinski definition) is 2. The number of ether oxygens (including phenoxy) is 1. The normalized spacial score (nSPS) is 13.1. The minimum Gasteiger partial charge on any atom is -0.468 e. The van der Waals surface area contributed by atoms with Gasteiger partial charge in [-0.05, 0) is 42.3 Å². The Kier molecular flexibility index (Phi) is 6.97. The molecule has 0 bridgehead atoms. The van der Waals surface area contributed by atoms with Crippen molar-refractivity contribution in [2.75, 3.05) is 6.54 Å². The van der Waals surface area contributed by atoms with Gasteiger partial charge in [0.1, 0.15) is 11.5 Å². The van der Waals surface area contributed by atoms with E-state index in [0.29, 0.717) is 0 Å². The van der Waals surface area contributed by atoms with Crippen molar-refractivity contribution >= 4 is 5.91 Å². The number of carbonyl (C=O) groups is 1. The van der Waals surface area contributed by atoms with Crippen molar-refractivity contribution in [2.24, 2.45) is 0 Å². The van der Waals surface area contributed by atoms with Gasteiger partial charge in [-0.15, -0.1) is 0 Å². The second-order valence-corrected chi connectivity index (χ2v) is 6.48. The highest BCUT2D eigenvalue weighted by Crippen LogP contribution is 2.25. The molecular formula is C22H22F2N2O3. The average molecular weight is 400 g/mol. The van der Waals surface area contributed by atoms with Gasteiger partial charge < -0.3 is 14.5 Å². The van der Waals surface area contributed by atoms with Gasteiger partial charge in [0.15, 0.2) is 0 Å². The number of rotatable bonds is 9. The van der Waals surface area contributed by atoms with Gasteiger partial charge in [0.25, 0.3) is 0 Å². The van der Waals surface area contributed by atoms with Crippen molar-refractivity contribution in [2.45, 2.75) is 25.6 Å². The van der Waals surface area contributed by atoms with Gasteiger partial charge in [0.05, 0.1) is 24.9 Å². The number of carbonyl (C=O) groups excluding carboxylic acids is 1. The minimum absolute atomic E-state index is 0.0656. The summed E-state index contributed by atoms with van der Waals surface area (Å²) in [5.41, 5.74) is 1.63. The van der Waals surface area contributed by atoms with Gasteiger partial charge in [0, 0.05) is 0 Å². The Morgan fingerprint density at radius 3 is 2.31 bits per heavy atom. The van der Waals surface area contributed by atoms with E-state index in [9.17, 15) is 13.6 Å². The molecule has 29 heavy (non-hydrogen) atoms. The molecule has 0 radical (unpaired) electrons. The zero-order chi connectivity index (χ0) is 20.6. The van der Waals surface area contributed by atoms with E-state index in [4.69, 9.17) is 4.42 Å². The Morgan fingerprint density at radius 2 is 1.69 bits per heavy atom. The van der Waals surface area contributed by atoms with E-state index in [1.165, 1.54) is 12.1 Å². The van der Waals surface area contributed by atoms with Crippen LogP contribution in [-0.4, -0.2) is 19.1 Å². The van der Waals surface area contributed by atoms with Crippen LogP contribution in [0.1, 0.15) is 35.9 Å². The van der Waals surface area contributed by atoms with E-state index in [2.05, 4.69) is 15.4 Å². The average Bonchev–Trinajstić information content (AvgIpc) is 3.26. The second-order valence-electron chi connectivity index (χ2n) is 6.48. The van der Waals surface area contributed by atoms with Crippen LogP contribution >= 0.6 is 0 Å². The predicted molar refractivity (Wildman–Crippen MR) is 105 cm³/mol. The van der Waals surface area contributed by atoms with Crippen LogP contribution < -0.4 is 15.4 Å². The SMILES string of the molecule is C[C@@H](NCC(=O)N[C@@H](c1ccccc1)c1ccc(OC(F)F)cc1)c1ccco1. The lowest BCUT2D eigenvalue weighted by molar-refractivity contribution is -0.120. The molecule has 0 spiro atoms. The third kappa shape index (κ3) is 5.89. The topological polar surface area (TPSA) is 63.5 Å². The van der Waals surface area contributed by atoms with Gasteiger partial charge in [-0.2, -0.15) is 8.78 Å². The van der Waals surface area contributed by atoms with Crippen LogP contribution in [-0.2, 0) is 4.79 Å². The number of halogens is 2. The summed E-state index contributed by atoms with van der Waals surface area (Å²) in [4.78, 5) is 12.6. The fourth-order valence-electron chi connectivity index (χ4n) is 2.94. The van der Waals surface area contributed by atoms with Crippen LogP contribution in [0, 0.1) is 0 Å². The zero-order valence-corrected chi connectivity index (χ0v) is 15.8. The molecule has 2 aromatic carbocycles. The maximum absolute atomic E-state index is 12.6. The molecule has 7 heteroatoms. The second kappa shape index (κ2) is 9.84. The third-order valence-corrected chi connectivity index (χ3v) is 4.42. The number of alkyl halides is 2. The third-order valence-electron chi connectivity index (χ3n) is 4.42. The molecule has 5 nitrogen and oxygen atoms in total. The van der Waals surface area contributed by atoms with Gasteiger partial charge in [-0.3, -0.25) is 10.1 Å². The number of benzene rings is 2. The van der Waals surface area contributed by atoms with Crippen LogP contribution in [0.4, 0.5) is 8.78 Å². The first-order chi connectivity index (χ1) is 14.0. The summed E-state index contributed by atoms with van der Waals surface area (Å²) in [6.45, 7) is -0.881. The Labute approximate surface area is 167 Å². The molecule has 0 aliphatic heterocycles. The molecule has 3 aromatic rings. The molecular weight excluding hydrogens is 378 g/mol. The molecule has 0 saturated heterocycles. The largest absolute Gasteiger partial charge is 0.468 e. The monoisotopic (exact) mass is 400 g/mol. The van der Waals surface area contributed by atoms with Crippen molar-refractivity contribution < 1.29 is 22.7 Å². The van der Waals surface area contributed by atoms with E-state index in [0.717, 1.165) is 16.9 Å². The summed E-state index contributed by atoms with van der Waals surface area (Å²) >= 11 is 0. The van der Waals surface area contributed by atoms with Crippen LogP contribution in [0.3, 0.4) is 0 Å². The quantitative estimate of drug-likeness (QED) is 0.558. The number of hydrogen-bond acceptors (Lipinski definition) is 4. The number of amides is 1. The van der Waals surface area contributed by atoms with Crippen molar-refractivity contribution in [3.63, 3.8) is 0 Å². The summed E-state index contributed by atoms with van der Waals surface area (Å²) in [5, 5.41) is 6.10. The highest BCUT2D eigenvalue weighted by atomic mass is 19.3. The number of nitrogens with one attached hydrogen (secondary N) is 2. The van der Waals surface area contributed by atoms with Crippen molar-refractivity contribution in [3.8, 4) is 5.75 Å². The lowest BCUT2D eigenvalue weighted by Gasteiger charge is -2.21. The molecule has 0 saturated carbocycles. The molecule has 2 atom stereocenters. The first kappa shape index (κ1) is 20.5. The van der Waals surface area contributed by atoms with E-state index in [1.807, 2.05) is 43.3 Å². The van der Waals surface area contributed by atoms with Crippen molar-refractivity contribution in [1.29, 1.82) is 0 Å². The van der Waals surface area contributed by atoms with Crippen LogP contribution in [0.5, 0.6) is 5.75 Å². The Morgan fingerprint density at radius 1 is 1.00 bits per heavy atom. The fraction of sp³-hybridized carbons (Fsp3) is 0.227. The Balaban J connectivity index is 1.70. The van der Waals surface area contributed by atoms with E-state index < -0.39 is 12.7 Å². The zero-order valence-electron chi connectivity index (χ0n) is 15.8. The highest BCUT2D eigenvalue weighted by molar-refractivity contribution is 5.79. The Bertz CT molecular complexity index is 884. The maximum Gasteiger partial charge on any atom is 0.387 e. The molecule has 152 valence electrons. The standard InChI is InChI=1S/C22H22F2N2O3/c1-15(19-8-5-13-28-19)25-14-20(27)26-21(16-6-3-2-4-7-16)17-9-11-18(12-10-17)29-22(23)24/h2-13,15,21-22,25H,14H2,1H3,(H,26,27)/t15-,21+/m1/s1. The fourth-order valence-corrected chi connectivity index (χ4v) is 2.94. The molecule has 1 aromatic heterocycles. The summed E-state index contributed by atoms with van der Waals surface area (Å²) in [6, 6.07) is 18.8. The molecule has 0 aliphatic carbocycles. The van der Waals surface area contributed by atoms with E-state index in [-0.39, 0.29) is 24.2 Å². The van der Waals surface area contributed by atoms with Crippen LogP contribution in [0.15, 0.2) is 77.4 Å². The maximum atomic E-state index is 12.6. The smallest absolute Gasteiger partial charge is 0.387 e. The van der Waals surface area contributed by atoms with Crippen molar-refractivity contribution in [1.82, 2.24) is 10.6 Å². The molecule has 0 fully saturated rings. The minimum atomic E-state index is -2.88.